The van der Waals surface area contributed by atoms with Crippen LogP contribution in [0.5, 0.6) is 0 Å². The van der Waals surface area contributed by atoms with Gasteiger partial charge in [0.15, 0.2) is 0 Å². The van der Waals surface area contributed by atoms with Crippen molar-refractivity contribution in [3.63, 3.8) is 0 Å². The Bertz CT molecular complexity index is 541. The second-order valence-corrected chi connectivity index (χ2v) is 5.18. The molecule has 1 saturated carbocycles. The van der Waals surface area contributed by atoms with Crippen LogP contribution in [0, 0.1) is 11.8 Å². The summed E-state index contributed by atoms with van der Waals surface area (Å²) in [6, 6.07) is 2.84. The standard InChI is InChI=1S/C14H17NO6/c16-12(8-1-3-9(4-2-8)13(17)18)15-7-10-5-6-11(21-10)14(19)20/h5-6,8-9H,1-4,7H2,(H,15,16)(H,17,18)(H,19,20). The van der Waals surface area contributed by atoms with E-state index in [9.17, 15) is 14.4 Å². The summed E-state index contributed by atoms with van der Waals surface area (Å²) in [6.45, 7) is 0.130. The summed E-state index contributed by atoms with van der Waals surface area (Å²) in [4.78, 5) is 33.5. The predicted octanol–water partition coefficient (Wildman–Crippen LogP) is 1.48. The van der Waals surface area contributed by atoms with E-state index in [4.69, 9.17) is 14.6 Å². The lowest BCUT2D eigenvalue weighted by Crippen LogP contribution is -2.34. The highest BCUT2D eigenvalue weighted by molar-refractivity contribution is 5.84. The summed E-state index contributed by atoms with van der Waals surface area (Å²) < 4.78 is 5.04. The van der Waals surface area contributed by atoms with Crippen molar-refractivity contribution in [2.24, 2.45) is 11.8 Å². The number of carboxylic acids is 2. The molecule has 114 valence electrons. The van der Waals surface area contributed by atoms with Crippen LogP contribution in [-0.2, 0) is 16.1 Å². The quantitative estimate of drug-likeness (QED) is 0.757. The Balaban J connectivity index is 1.79. The molecule has 2 rings (SSSR count). The van der Waals surface area contributed by atoms with Gasteiger partial charge in [0.2, 0.25) is 11.7 Å². The molecule has 7 nitrogen and oxygen atoms in total. The number of aliphatic carboxylic acids is 1. The van der Waals surface area contributed by atoms with E-state index in [0.717, 1.165) is 0 Å². The lowest BCUT2D eigenvalue weighted by Gasteiger charge is -2.25. The molecule has 0 atom stereocenters. The number of carbonyl (C=O) groups excluding carboxylic acids is 1. The highest BCUT2D eigenvalue weighted by Gasteiger charge is 2.29. The van der Waals surface area contributed by atoms with Crippen molar-refractivity contribution >= 4 is 17.8 Å². The van der Waals surface area contributed by atoms with E-state index in [0.29, 0.717) is 31.4 Å². The number of carboxylic acid groups (broad SMARTS) is 2. The molecule has 0 spiro atoms. The highest BCUT2D eigenvalue weighted by atomic mass is 16.4. The van der Waals surface area contributed by atoms with Gasteiger partial charge < -0.3 is 19.9 Å². The molecule has 0 aromatic carbocycles. The second kappa shape index (κ2) is 6.43. The van der Waals surface area contributed by atoms with Crippen LogP contribution in [0.1, 0.15) is 42.0 Å². The van der Waals surface area contributed by atoms with Gasteiger partial charge in [0, 0.05) is 5.92 Å². The number of rotatable bonds is 5. The van der Waals surface area contributed by atoms with Crippen molar-refractivity contribution in [3.8, 4) is 0 Å². The molecule has 1 aromatic heterocycles. The van der Waals surface area contributed by atoms with E-state index in [1.54, 1.807) is 0 Å². The van der Waals surface area contributed by atoms with Gasteiger partial charge in [0.05, 0.1) is 12.5 Å². The first kappa shape index (κ1) is 15.1. The molecule has 0 unspecified atom stereocenters. The maximum Gasteiger partial charge on any atom is 0.371 e. The lowest BCUT2D eigenvalue weighted by atomic mass is 9.81. The number of hydrogen-bond acceptors (Lipinski definition) is 4. The Hall–Kier alpha value is -2.31. The zero-order valence-electron chi connectivity index (χ0n) is 11.4. The molecule has 3 N–H and O–H groups in total. The molecule has 21 heavy (non-hydrogen) atoms. The third-order valence-electron chi connectivity index (χ3n) is 3.76. The van der Waals surface area contributed by atoms with E-state index >= 15 is 0 Å². The molecule has 7 heteroatoms. The minimum Gasteiger partial charge on any atom is -0.481 e. The SMILES string of the molecule is O=C(O)c1ccc(CNC(=O)C2CCC(C(=O)O)CC2)o1. The number of nitrogens with one attached hydrogen (secondary N) is 1. The largest absolute Gasteiger partial charge is 0.481 e. The monoisotopic (exact) mass is 295 g/mol. The van der Waals surface area contributed by atoms with Crippen molar-refractivity contribution in [3.05, 3.63) is 23.7 Å². The van der Waals surface area contributed by atoms with Crippen LogP contribution in [0.3, 0.4) is 0 Å². The zero-order valence-corrected chi connectivity index (χ0v) is 11.4. The normalized spacial score (nSPS) is 21.7. The number of hydrogen-bond donors (Lipinski definition) is 3. The van der Waals surface area contributed by atoms with Gasteiger partial charge in [0.1, 0.15) is 5.76 Å². The summed E-state index contributed by atoms with van der Waals surface area (Å²) >= 11 is 0. The smallest absolute Gasteiger partial charge is 0.371 e. The molecule has 0 saturated heterocycles. The van der Waals surface area contributed by atoms with Crippen LogP contribution >= 0.6 is 0 Å². The third kappa shape index (κ3) is 3.84. The van der Waals surface area contributed by atoms with Gasteiger partial charge in [-0.05, 0) is 37.8 Å². The number of furan rings is 1. The molecule has 1 heterocycles. The molecule has 1 aromatic rings. The molecule has 1 fully saturated rings. The lowest BCUT2D eigenvalue weighted by molar-refractivity contribution is -0.144. The summed E-state index contributed by atoms with van der Waals surface area (Å²) in [5.41, 5.74) is 0. The predicted molar refractivity (Wildman–Crippen MR) is 70.6 cm³/mol. The first-order valence-electron chi connectivity index (χ1n) is 6.80. The summed E-state index contributed by atoms with van der Waals surface area (Å²) in [5.74, 6) is -2.43. The Kier molecular flexibility index (Phi) is 4.62. The van der Waals surface area contributed by atoms with E-state index in [2.05, 4.69) is 5.32 Å². The van der Waals surface area contributed by atoms with Crippen molar-refractivity contribution in [2.75, 3.05) is 0 Å². The fraction of sp³-hybridized carbons (Fsp3) is 0.500. The minimum absolute atomic E-state index is 0.130. The first-order valence-corrected chi connectivity index (χ1v) is 6.80. The van der Waals surface area contributed by atoms with Crippen LogP contribution in [-0.4, -0.2) is 28.1 Å². The number of carbonyl (C=O) groups is 3. The zero-order chi connectivity index (χ0) is 15.4. The van der Waals surface area contributed by atoms with Gasteiger partial charge in [0.25, 0.3) is 0 Å². The van der Waals surface area contributed by atoms with Crippen molar-refractivity contribution < 1.29 is 29.0 Å². The van der Waals surface area contributed by atoms with Gasteiger partial charge in [-0.2, -0.15) is 0 Å². The molecule has 0 aliphatic heterocycles. The van der Waals surface area contributed by atoms with E-state index in [-0.39, 0.29) is 30.0 Å². The Morgan fingerprint density at radius 2 is 1.71 bits per heavy atom. The van der Waals surface area contributed by atoms with Gasteiger partial charge in [-0.25, -0.2) is 4.79 Å². The fourth-order valence-corrected chi connectivity index (χ4v) is 2.51. The maximum atomic E-state index is 12.0. The summed E-state index contributed by atoms with van der Waals surface area (Å²) in [7, 11) is 0. The van der Waals surface area contributed by atoms with Gasteiger partial charge in [-0.3, -0.25) is 9.59 Å². The van der Waals surface area contributed by atoms with Crippen LogP contribution in [0.4, 0.5) is 0 Å². The van der Waals surface area contributed by atoms with Crippen molar-refractivity contribution in [1.82, 2.24) is 5.32 Å². The van der Waals surface area contributed by atoms with Crippen LogP contribution in [0.15, 0.2) is 16.5 Å². The Morgan fingerprint density at radius 1 is 1.10 bits per heavy atom. The van der Waals surface area contributed by atoms with Crippen LogP contribution < -0.4 is 5.32 Å². The molecule has 1 aliphatic carbocycles. The summed E-state index contributed by atoms with van der Waals surface area (Å²) in [6.07, 6.45) is 2.14. The topological polar surface area (TPSA) is 117 Å². The first-order chi connectivity index (χ1) is 9.97. The third-order valence-corrected chi connectivity index (χ3v) is 3.76. The molecular formula is C14H17NO6. The maximum absolute atomic E-state index is 12.0. The van der Waals surface area contributed by atoms with E-state index in [1.165, 1.54) is 12.1 Å². The fourth-order valence-electron chi connectivity index (χ4n) is 2.51. The van der Waals surface area contributed by atoms with Crippen molar-refractivity contribution in [2.45, 2.75) is 32.2 Å². The van der Waals surface area contributed by atoms with Crippen molar-refractivity contribution in [1.29, 1.82) is 0 Å². The van der Waals surface area contributed by atoms with Gasteiger partial charge in [-0.1, -0.05) is 0 Å². The average Bonchev–Trinajstić information content (AvgIpc) is 2.94. The van der Waals surface area contributed by atoms with Crippen LogP contribution in [0.2, 0.25) is 0 Å². The molecule has 1 amide bonds. The highest BCUT2D eigenvalue weighted by Crippen LogP contribution is 2.29. The average molecular weight is 295 g/mol. The molecule has 1 aliphatic rings. The Morgan fingerprint density at radius 3 is 2.24 bits per heavy atom. The van der Waals surface area contributed by atoms with Gasteiger partial charge >= 0.3 is 11.9 Å². The van der Waals surface area contributed by atoms with E-state index in [1.807, 2.05) is 0 Å². The second-order valence-electron chi connectivity index (χ2n) is 5.18. The van der Waals surface area contributed by atoms with Crippen LogP contribution in [0.25, 0.3) is 0 Å². The molecular weight excluding hydrogens is 278 g/mol. The summed E-state index contributed by atoms with van der Waals surface area (Å²) in [5, 5.41) is 20.3. The Labute approximate surface area is 120 Å². The molecule has 0 bridgehead atoms. The van der Waals surface area contributed by atoms with Gasteiger partial charge in [-0.15, -0.1) is 0 Å². The number of amides is 1. The molecule has 0 radical (unpaired) electrons. The minimum atomic E-state index is -1.15. The number of aromatic carboxylic acids is 1. The van der Waals surface area contributed by atoms with E-state index < -0.39 is 11.9 Å².